The molecule has 4 nitrogen and oxygen atoms in total. The summed E-state index contributed by atoms with van der Waals surface area (Å²) in [4.78, 5) is 21.2. The van der Waals surface area contributed by atoms with Crippen molar-refractivity contribution < 1.29 is 19.8 Å². The zero-order chi connectivity index (χ0) is 12.0. The molecular formula is C12H20O4. The number of rotatable bonds is 7. The average molecular weight is 228 g/mol. The van der Waals surface area contributed by atoms with Crippen LogP contribution in [0.5, 0.6) is 0 Å². The van der Waals surface area contributed by atoms with Crippen molar-refractivity contribution in [1.82, 2.24) is 0 Å². The van der Waals surface area contributed by atoms with Crippen molar-refractivity contribution in [2.45, 2.75) is 51.4 Å². The van der Waals surface area contributed by atoms with E-state index < -0.39 is 11.9 Å². The smallest absolute Gasteiger partial charge is 0.303 e. The third-order valence-electron chi connectivity index (χ3n) is 3.38. The largest absolute Gasteiger partial charge is 0.481 e. The number of hydrogen-bond donors (Lipinski definition) is 2. The normalized spacial score (nSPS) is 16.8. The molecule has 0 aliphatic heterocycles. The quantitative estimate of drug-likeness (QED) is 0.702. The summed E-state index contributed by atoms with van der Waals surface area (Å²) in [5.41, 5.74) is 0. The summed E-state index contributed by atoms with van der Waals surface area (Å²) in [6, 6.07) is 0. The van der Waals surface area contributed by atoms with Gasteiger partial charge < -0.3 is 10.2 Å². The Balaban J connectivity index is 2.30. The third-order valence-corrected chi connectivity index (χ3v) is 3.38. The van der Waals surface area contributed by atoms with Crippen molar-refractivity contribution in [1.29, 1.82) is 0 Å². The Kier molecular flexibility index (Phi) is 5.29. The predicted octanol–water partition coefficient (Wildman–Crippen LogP) is 2.52. The van der Waals surface area contributed by atoms with E-state index in [4.69, 9.17) is 10.2 Å². The van der Waals surface area contributed by atoms with Gasteiger partial charge in [-0.05, 0) is 18.3 Å². The van der Waals surface area contributed by atoms with Crippen LogP contribution in [0.1, 0.15) is 51.4 Å². The second-order valence-electron chi connectivity index (χ2n) is 4.79. The maximum Gasteiger partial charge on any atom is 0.303 e. The first-order chi connectivity index (χ1) is 7.58. The van der Waals surface area contributed by atoms with E-state index >= 15 is 0 Å². The molecule has 0 amide bonds. The van der Waals surface area contributed by atoms with Crippen LogP contribution in [0.4, 0.5) is 0 Å². The Labute approximate surface area is 95.7 Å². The predicted molar refractivity (Wildman–Crippen MR) is 59.2 cm³/mol. The zero-order valence-electron chi connectivity index (χ0n) is 9.52. The van der Waals surface area contributed by atoms with E-state index in [9.17, 15) is 9.59 Å². The lowest BCUT2D eigenvalue weighted by Gasteiger charge is -2.15. The highest BCUT2D eigenvalue weighted by Gasteiger charge is 2.20. The lowest BCUT2D eigenvalue weighted by atomic mass is 9.90. The molecule has 0 radical (unpaired) electrons. The summed E-state index contributed by atoms with van der Waals surface area (Å²) in [5, 5.41) is 17.4. The molecule has 0 atom stereocenters. The molecule has 0 spiro atoms. The summed E-state index contributed by atoms with van der Waals surface area (Å²) >= 11 is 0. The SMILES string of the molecule is O=C(O)CC(CCC1CCCC1)CC(=O)O. The average Bonchev–Trinajstić information content (AvgIpc) is 2.64. The minimum atomic E-state index is -0.891. The Morgan fingerprint density at radius 1 is 1.06 bits per heavy atom. The zero-order valence-corrected chi connectivity index (χ0v) is 9.52. The minimum absolute atomic E-state index is 0.0149. The van der Waals surface area contributed by atoms with Gasteiger partial charge in [0.25, 0.3) is 0 Å². The van der Waals surface area contributed by atoms with Crippen molar-refractivity contribution in [3.63, 3.8) is 0 Å². The second kappa shape index (κ2) is 6.51. The van der Waals surface area contributed by atoms with E-state index in [-0.39, 0.29) is 18.8 Å². The molecule has 1 saturated carbocycles. The Bertz CT molecular complexity index is 227. The van der Waals surface area contributed by atoms with Crippen LogP contribution in [0.15, 0.2) is 0 Å². The van der Waals surface area contributed by atoms with Crippen LogP contribution >= 0.6 is 0 Å². The fraction of sp³-hybridized carbons (Fsp3) is 0.833. The van der Waals surface area contributed by atoms with Crippen molar-refractivity contribution >= 4 is 11.9 Å². The highest BCUT2D eigenvalue weighted by molar-refractivity contribution is 5.70. The molecule has 1 fully saturated rings. The van der Waals surface area contributed by atoms with Crippen molar-refractivity contribution in [3.05, 3.63) is 0 Å². The molecule has 4 heteroatoms. The Morgan fingerprint density at radius 2 is 1.56 bits per heavy atom. The van der Waals surface area contributed by atoms with E-state index in [1.54, 1.807) is 0 Å². The van der Waals surface area contributed by atoms with Crippen molar-refractivity contribution in [2.75, 3.05) is 0 Å². The number of aliphatic carboxylic acids is 2. The van der Waals surface area contributed by atoms with Gasteiger partial charge in [0, 0.05) is 12.8 Å². The second-order valence-corrected chi connectivity index (χ2v) is 4.79. The molecule has 0 saturated heterocycles. The van der Waals surface area contributed by atoms with E-state index in [2.05, 4.69) is 0 Å². The van der Waals surface area contributed by atoms with E-state index in [1.165, 1.54) is 25.7 Å². The van der Waals surface area contributed by atoms with Gasteiger partial charge in [-0.2, -0.15) is 0 Å². The summed E-state index contributed by atoms with van der Waals surface area (Å²) in [6.45, 7) is 0. The fourth-order valence-electron chi connectivity index (χ4n) is 2.54. The summed E-state index contributed by atoms with van der Waals surface area (Å²) in [5.74, 6) is -1.28. The number of hydrogen-bond acceptors (Lipinski definition) is 2. The topological polar surface area (TPSA) is 74.6 Å². The number of carboxylic acid groups (broad SMARTS) is 2. The monoisotopic (exact) mass is 228 g/mol. The van der Waals surface area contributed by atoms with Gasteiger partial charge in [0.1, 0.15) is 0 Å². The molecule has 1 aliphatic carbocycles. The highest BCUT2D eigenvalue weighted by atomic mass is 16.4. The fourth-order valence-corrected chi connectivity index (χ4v) is 2.54. The minimum Gasteiger partial charge on any atom is -0.481 e. The molecule has 0 heterocycles. The number of carbonyl (C=O) groups is 2. The first-order valence-corrected chi connectivity index (χ1v) is 6.01. The molecule has 0 bridgehead atoms. The molecule has 16 heavy (non-hydrogen) atoms. The van der Waals surface area contributed by atoms with Gasteiger partial charge in [-0.25, -0.2) is 0 Å². The maximum atomic E-state index is 10.6. The van der Waals surface area contributed by atoms with Gasteiger partial charge in [0.05, 0.1) is 0 Å². The van der Waals surface area contributed by atoms with Crippen LogP contribution in [0.25, 0.3) is 0 Å². The third kappa shape index (κ3) is 5.14. The lowest BCUT2D eigenvalue weighted by Crippen LogP contribution is -2.13. The van der Waals surface area contributed by atoms with Crippen molar-refractivity contribution in [3.8, 4) is 0 Å². The van der Waals surface area contributed by atoms with E-state index in [0.717, 1.165) is 12.8 Å². The molecule has 0 aromatic heterocycles. The van der Waals surface area contributed by atoms with Crippen LogP contribution in [0.2, 0.25) is 0 Å². The van der Waals surface area contributed by atoms with Gasteiger partial charge in [0.2, 0.25) is 0 Å². The highest BCUT2D eigenvalue weighted by Crippen LogP contribution is 2.31. The summed E-state index contributed by atoms with van der Waals surface area (Å²) in [7, 11) is 0. The van der Waals surface area contributed by atoms with Gasteiger partial charge in [-0.3, -0.25) is 9.59 Å². The van der Waals surface area contributed by atoms with Gasteiger partial charge >= 0.3 is 11.9 Å². The van der Waals surface area contributed by atoms with E-state index in [1.807, 2.05) is 0 Å². The first-order valence-electron chi connectivity index (χ1n) is 6.01. The molecule has 0 aromatic carbocycles. The van der Waals surface area contributed by atoms with Crippen LogP contribution < -0.4 is 0 Å². The molecule has 1 aliphatic rings. The summed E-state index contributed by atoms with van der Waals surface area (Å²) in [6.07, 6.45) is 6.70. The molecule has 2 N–H and O–H groups in total. The van der Waals surface area contributed by atoms with Crippen LogP contribution in [-0.2, 0) is 9.59 Å². The van der Waals surface area contributed by atoms with Gasteiger partial charge in [-0.15, -0.1) is 0 Å². The molecule has 1 rings (SSSR count). The van der Waals surface area contributed by atoms with E-state index in [0.29, 0.717) is 5.92 Å². The van der Waals surface area contributed by atoms with Crippen LogP contribution in [0.3, 0.4) is 0 Å². The van der Waals surface area contributed by atoms with Gasteiger partial charge in [0.15, 0.2) is 0 Å². The lowest BCUT2D eigenvalue weighted by molar-refractivity contribution is -0.140. The van der Waals surface area contributed by atoms with Crippen LogP contribution in [0, 0.1) is 11.8 Å². The molecule has 0 aromatic rings. The Hall–Kier alpha value is -1.06. The Morgan fingerprint density at radius 3 is 2.00 bits per heavy atom. The van der Waals surface area contributed by atoms with Crippen LogP contribution in [-0.4, -0.2) is 22.2 Å². The standard InChI is InChI=1S/C12H20O4/c13-11(14)7-10(8-12(15)16)6-5-9-3-1-2-4-9/h9-10H,1-8H2,(H,13,14)(H,15,16). The number of carboxylic acids is 2. The maximum absolute atomic E-state index is 10.6. The molecule has 92 valence electrons. The summed E-state index contributed by atoms with van der Waals surface area (Å²) < 4.78 is 0. The molecule has 0 unspecified atom stereocenters. The van der Waals surface area contributed by atoms with Crippen molar-refractivity contribution in [2.24, 2.45) is 11.8 Å². The molecular weight excluding hydrogens is 208 g/mol. The first kappa shape index (κ1) is 13.0. The van der Waals surface area contributed by atoms with Gasteiger partial charge in [-0.1, -0.05) is 32.1 Å².